The number of halogens is 1. The molecular weight excluding hydrogens is 211 g/mol. The van der Waals surface area contributed by atoms with Crippen LogP contribution in [0.2, 0.25) is 0 Å². The molecule has 16 heavy (non-hydrogen) atoms. The summed E-state index contributed by atoms with van der Waals surface area (Å²) in [6.07, 6.45) is 1.74. The summed E-state index contributed by atoms with van der Waals surface area (Å²) in [5.41, 5.74) is 0. The average Bonchev–Trinajstić information content (AvgIpc) is 2.76. The molecule has 4 heteroatoms. The molecule has 0 amide bonds. The van der Waals surface area contributed by atoms with E-state index in [2.05, 4.69) is 0 Å². The molecule has 1 N–H and O–H groups in total. The van der Waals surface area contributed by atoms with Crippen LogP contribution in [-0.2, 0) is 4.74 Å². The van der Waals surface area contributed by atoms with Crippen molar-refractivity contribution in [1.82, 2.24) is 0 Å². The molecule has 1 aliphatic rings. The molecule has 0 spiro atoms. The highest BCUT2D eigenvalue weighted by molar-refractivity contribution is 5.22. The van der Waals surface area contributed by atoms with Gasteiger partial charge in [0.15, 0.2) is 0 Å². The van der Waals surface area contributed by atoms with Crippen molar-refractivity contribution >= 4 is 0 Å². The third-order valence-corrected chi connectivity index (χ3v) is 2.65. The fourth-order valence-electron chi connectivity index (χ4n) is 1.76. The molecule has 1 aliphatic heterocycles. The van der Waals surface area contributed by atoms with Crippen LogP contribution in [0.5, 0.6) is 5.75 Å². The van der Waals surface area contributed by atoms with Crippen LogP contribution < -0.4 is 4.74 Å². The zero-order chi connectivity index (χ0) is 11.4. The van der Waals surface area contributed by atoms with Gasteiger partial charge in [-0.05, 0) is 37.1 Å². The van der Waals surface area contributed by atoms with Gasteiger partial charge in [0.25, 0.3) is 0 Å². The Kier molecular flexibility index (Phi) is 3.74. The van der Waals surface area contributed by atoms with E-state index < -0.39 is 0 Å². The van der Waals surface area contributed by atoms with E-state index in [4.69, 9.17) is 14.6 Å². The predicted molar refractivity (Wildman–Crippen MR) is 56.9 cm³/mol. The molecule has 1 saturated heterocycles. The summed E-state index contributed by atoms with van der Waals surface area (Å²) in [5, 5.41) is 8.89. The van der Waals surface area contributed by atoms with E-state index in [9.17, 15) is 4.39 Å². The third kappa shape index (κ3) is 2.93. The second-order valence-electron chi connectivity index (χ2n) is 3.90. The maximum absolute atomic E-state index is 12.6. The Balaban J connectivity index is 1.77. The number of hydrogen-bond acceptors (Lipinski definition) is 3. The lowest BCUT2D eigenvalue weighted by Crippen LogP contribution is -2.20. The van der Waals surface area contributed by atoms with Crippen LogP contribution in [0.4, 0.5) is 4.39 Å². The first kappa shape index (κ1) is 11.4. The van der Waals surface area contributed by atoms with E-state index >= 15 is 0 Å². The van der Waals surface area contributed by atoms with Crippen molar-refractivity contribution in [3.8, 4) is 5.75 Å². The monoisotopic (exact) mass is 226 g/mol. The van der Waals surface area contributed by atoms with Crippen molar-refractivity contribution in [3.05, 3.63) is 30.1 Å². The van der Waals surface area contributed by atoms with Crippen LogP contribution in [0.15, 0.2) is 24.3 Å². The largest absolute Gasteiger partial charge is 0.491 e. The molecule has 1 fully saturated rings. The second-order valence-corrected chi connectivity index (χ2v) is 3.90. The Labute approximate surface area is 93.8 Å². The Morgan fingerprint density at radius 1 is 1.25 bits per heavy atom. The molecule has 1 heterocycles. The minimum atomic E-state index is -0.273. The van der Waals surface area contributed by atoms with Crippen LogP contribution in [-0.4, -0.2) is 30.5 Å². The van der Waals surface area contributed by atoms with Crippen molar-refractivity contribution in [2.75, 3.05) is 13.2 Å². The van der Waals surface area contributed by atoms with E-state index in [-0.39, 0.29) is 24.6 Å². The first-order valence-corrected chi connectivity index (χ1v) is 5.42. The lowest BCUT2D eigenvalue weighted by Gasteiger charge is -2.13. The van der Waals surface area contributed by atoms with Crippen LogP contribution in [0.1, 0.15) is 12.8 Å². The molecule has 1 aromatic rings. The molecule has 0 radical (unpaired) electrons. The average molecular weight is 226 g/mol. The van der Waals surface area contributed by atoms with Gasteiger partial charge < -0.3 is 14.6 Å². The minimum Gasteiger partial charge on any atom is -0.491 e. The first-order valence-electron chi connectivity index (χ1n) is 5.42. The second kappa shape index (κ2) is 5.27. The van der Waals surface area contributed by atoms with Gasteiger partial charge in [-0.2, -0.15) is 0 Å². The number of aliphatic hydroxyl groups is 1. The van der Waals surface area contributed by atoms with Crippen LogP contribution in [0, 0.1) is 5.82 Å². The van der Waals surface area contributed by atoms with Gasteiger partial charge in [-0.1, -0.05) is 0 Å². The Bertz CT molecular complexity index is 326. The fourth-order valence-corrected chi connectivity index (χ4v) is 1.76. The van der Waals surface area contributed by atoms with Gasteiger partial charge in [-0.3, -0.25) is 0 Å². The summed E-state index contributed by atoms with van der Waals surface area (Å²) in [5.74, 6) is 0.363. The smallest absolute Gasteiger partial charge is 0.123 e. The summed E-state index contributed by atoms with van der Waals surface area (Å²) >= 11 is 0. The van der Waals surface area contributed by atoms with Crippen molar-refractivity contribution in [1.29, 1.82) is 0 Å². The third-order valence-electron chi connectivity index (χ3n) is 2.65. The normalized spacial score (nSPS) is 24.6. The number of benzene rings is 1. The van der Waals surface area contributed by atoms with Gasteiger partial charge in [-0.15, -0.1) is 0 Å². The highest BCUT2D eigenvalue weighted by Crippen LogP contribution is 2.20. The van der Waals surface area contributed by atoms with E-state index in [0.29, 0.717) is 12.4 Å². The molecule has 2 atom stereocenters. The molecule has 1 aromatic carbocycles. The van der Waals surface area contributed by atoms with Crippen molar-refractivity contribution in [2.24, 2.45) is 0 Å². The van der Waals surface area contributed by atoms with Crippen LogP contribution in [0.25, 0.3) is 0 Å². The maximum Gasteiger partial charge on any atom is 0.123 e. The summed E-state index contributed by atoms with van der Waals surface area (Å²) in [7, 11) is 0. The Morgan fingerprint density at radius 3 is 2.56 bits per heavy atom. The van der Waals surface area contributed by atoms with Crippen LogP contribution in [0.3, 0.4) is 0 Å². The lowest BCUT2D eigenvalue weighted by atomic mass is 10.2. The topological polar surface area (TPSA) is 38.7 Å². The van der Waals surface area contributed by atoms with E-state index in [1.807, 2.05) is 0 Å². The van der Waals surface area contributed by atoms with E-state index in [1.54, 1.807) is 12.1 Å². The zero-order valence-electron chi connectivity index (χ0n) is 8.93. The summed E-state index contributed by atoms with van der Waals surface area (Å²) in [6.45, 7) is 0.509. The molecule has 0 aromatic heterocycles. The molecule has 0 saturated carbocycles. The molecule has 0 aliphatic carbocycles. The van der Waals surface area contributed by atoms with Gasteiger partial charge in [0.1, 0.15) is 18.2 Å². The fraction of sp³-hybridized carbons (Fsp3) is 0.500. The lowest BCUT2D eigenvalue weighted by molar-refractivity contribution is -0.00723. The first-order chi connectivity index (χ1) is 7.78. The molecule has 0 bridgehead atoms. The van der Waals surface area contributed by atoms with Gasteiger partial charge in [0.05, 0.1) is 18.8 Å². The number of rotatable bonds is 4. The molecular formula is C12H15FO3. The number of aliphatic hydroxyl groups excluding tert-OH is 1. The molecule has 88 valence electrons. The molecule has 2 rings (SSSR count). The standard InChI is InChI=1S/C12H15FO3/c13-9-1-3-10(4-2-9)15-8-12-6-5-11(7-14)16-12/h1-4,11-12,14H,5-8H2/t11-,12-/m0/s1. The summed E-state index contributed by atoms with van der Waals surface area (Å²) < 4.78 is 23.6. The Morgan fingerprint density at radius 2 is 1.94 bits per heavy atom. The minimum absolute atomic E-state index is 0.0298. The maximum atomic E-state index is 12.6. The van der Waals surface area contributed by atoms with Crippen molar-refractivity contribution < 1.29 is 19.0 Å². The van der Waals surface area contributed by atoms with Gasteiger partial charge in [0.2, 0.25) is 0 Å². The SMILES string of the molecule is OC[C@@H]1CC[C@@H](COc2ccc(F)cc2)O1. The van der Waals surface area contributed by atoms with Crippen molar-refractivity contribution in [2.45, 2.75) is 25.0 Å². The quantitative estimate of drug-likeness (QED) is 0.850. The van der Waals surface area contributed by atoms with E-state index in [0.717, 1.165) is 12.8 Å². The van der Waals surface area contributed by atoms with E-state index in [1.165, 1.54) is 12.1 Å². The van der Waals surface area contributed by atoms with Gasteiger partial charge in [0, 0.05) is 0 Å². The van der Waals surface area contributed by atoms with Crippen molar-refractivity contribution in [3.63, 3.8) is 0 Å². The summed E-state index contributed by atoms with van der Waals surface area (Å²) in [4.78, 5) is 0. The van der Waals surface area contributed by atoms with Gasteiger partial charge >= 0.3 is 0 Å². The highest BCUT2D eigenvalue weighted by Gasteiger charge is 2.24. The molecule has 0 unspecified atom stereocenters. The number of hydrogen-bond donors (Lipinski definition) is 1. The summed E-state index contributed by atoms with van der Waals surface area (Å²) in [6, 6.07) is 5.91. The predicted octanol–water partition coefficient (Wildman–Crippen LogP) is 1.74. The zero-order valence-corrected chi connectivity index (χ0v) is 8.93. The van der Waals surface area contributed by atoms with Crippen LogP contribution >= 0.6 is 0 Å². The highest BCUT2D eigenvalue weighted by atomic mass is 19.1. The molecule has 3 nitrogen and oxygen atoms in total. The Hall–Kier alpha value is -1.13. The van der Waals surface area contributed by atoms with Gasteiger partial charge in [-0.25, -0.2) is 4.39 Å². The number of ether oxygens (including phenoxy) is 2.